The Labute approximate surface area is 206 Å². The second kappa shape index (κ2) is 12.1. The van der Waals surface area contributed by atoms with Crippen molar-refractivity contribution in [2.24, 2.45) is 0 Å². The number of unbranched alkanes of at least 4 members (excludes halogenated alkanes) is 4. The van der Waals surface area contributed by atoms with Crippen molar-refractivity contribution in [2.75, 3.05) is 18.1 Å². The minimum atomic E-state index is -3.16. The van der Waals surface area contributed by atoms with Crippen LogP contribution in [0.25, 0.3) is 0 Å². The van der Waals surface area contributed by atoms with E-state index in [9.17, 15) is 13.2 Å². The van der Waals surface area contributed by atoms with Gasteiger partial charge in [0.15, 0.2) is 9.84 Å². The standard InChI is InChI=1S/C25H31Cl2NO4S/c1-2-3-4-5-6-14-32-23-11-8-19(9-12-23)25(29)28(22-13-15-33(30,31)18-22)17-20-7-10-21(26)16-24(20)27/h7-12,16,22H,2-6,13-15,17-18H2,1H3/t22-/m1/s1. The number of halogens is 2. The lowest BCUT2D eigenvalue weighted by atomic mass is 10.1. The SMILES string of the molecule is CCCCCCCOc1ccc(C(=O)N(Cc2ccc(Cl)cc2Cl)[C@@H]2CCS(=O)(=O)C2)cc1. The number of amides is 1. The number of benzene rings is 2. The number of hydrogen-bond donors (Lipinski definition) is 0. The number of carbonyl (C=O) groups excluding carboxylic acids is 1. The zero-order valence-corrected chi connectivity index (χ0v) is 21.3. The summed E-state index contributed by atoms with van der Waals surface area (Å²) in [7, 11) is -3.16. The molecule has 1 heterocycles. The van der Waals surface area contributed by atoms with Crippen molar-refractivity contribution in [3.05, 3.63) is 63.6 Å². The van der Waals surface area contributed by atoms with E-state index in [2.05, 4.69) is 6.92 Å². The molecule has 1 aliphatic heterocycles. The summed E-state index contributed by atoms with van der Waals surface area (Å²) in [5, 5.41) is 0.954. The van der Waals surface area contributed by atoms with E-state index in [0.717, 1.165) is 24.2 Å². The molecule has 1 atom stereocenters. The zero-order chi connectivity index (χ0) is 23.8. The summed E-state index contributed by atoms with van der Waals surface area (Å²) in [5.74, 6) is 0.538. The van der Waals surface area contributed by atoms with Crippen LogP contribution in [0.15, 0.2) is 42.5 Å². The number of sulfone groups is 1. The fraction of sp³-hybridized carbons (Fsp3) is 0.480. The Kier molecular flexibility index (Phi) is 9.47. The molecule has 0 aliphatic carbocycles. The van der Waals surface area contributed by atoms with E-state index in [1.165, 1.54) is 19.3 Å². The van der Waals surface area contributed by atoms with Crippen LogP contribution in [0, 0.1) is 0 Å². The van der Waals surface area contributed by atoms with Crippen LogP contribution in [0.3, 0.4) is 0 Å². The molecule has 0 spiro atoms. The average Bonchev–Trinajstić information content (AvgIpc) is 3.15. The van der Waals surface area contributed by atoms with Gasteiger partial charge in [0.1, 0.15) is 5.75 Å². The van der Waals surface area contributed by atoms with Gasteiger partial charge in [-0.2, -0.15) is 0 Å². The topological polar surface area (TPSA) is 63.7 Å². The third-order valence-electron chi connectivity index (χ3n) is 5.88. The van der Waals surface area contributed by atoms with Gasteiger partial charge in [-0.25, -0.2) is 8.42 Å². The fourth-order valence-corrected chi connectivity index (χ4v) is 6.18. The Morgan fingerprint density at radius 1 is 1.06 bits per heavy atom. The van der Waals surface area contributed by atoms with Crippen LogP contribution in [0.5, 0.6) is 5.75 Å². The second-order valence-corrected chi connectivity index (χ2v) is 11.6. The van der Waals surface area contributed by atoms with Gasteiger partial charge in [-0.3, -0.25) is 4.79 Å². The summed E-state index contributed by atoms with van der Waals surface area (Å²) in [6, 6.07) is 11.8. The predicted octanol–water partition coefficient (Wildman–Crippen LogP) is 6.17. The van der Waals surface area contributed by atoms with Gasteiger partial charge >= 0.3 is 0 Å². The van der Waals surface area contributed by atoms with Gasteiger partial charge in [-0.15, -0.1) is 0 Å². The molecule has 1 saturated heterocycles. The Balaban J connectivity index is 1.70. The summed E-state index contributed by atoms with van der Waals surface area (Å²) in [6.45, 7) is 3.05. The minimum absolute atomic E-state index is 0.0385. The van der Waals surface area contributed by atoms with Gasteiger partial charge in [0.25, 0.3) is 5.91 Å². The van der Waals surface area contributed by atoms with Crippen molar-refractivity contribution >= 4 is 38.9 Å². The van der Waals surface area contributed by atoms with Gasteiger partial charge in [0, 0.05) is 28.2 Å². The minimum Gasteiger partial charge on any atom is -0.494 e. The van der Waals surface area contributed by atoms with Crippen LogP contribution in [0.2, 0.25) is 10.0 Å². The molecule has 2 aromatic carbocycles. The van der Waals surface area contributed by atoms with Gasteiger partial charge in [0.05, 0.1) is 18.1 Å². The smallest absolute Gasteiger partial charge is 0.254 e. The lowest BCUT2D eigenvalue weighted by Gasteiger charge is -2.29. The van der Waals surface area contributed by atoms with Crippen LogP contribution in [0.4, 0.5) is 0 Å². The molecule has 33 heavy (non-hydrogen) atoms. The van der Waals surface area contributed by atoms with Crippen LogP contribution >= 0.6 is 23.2 Å². The van der Waals surface area contributed by atoms with E-state index in [0.29, 0.717) is 28.6 Å². The van der Waals surface area contributed by atoms with E-state index in [1.807, 2.05) is 0 Å². The highest BCUT2D eigenvalue weighted by atomic mass is 35.5. The normalized spacial score (nSPS) is 17.1. The highest BCUT2D eigenvalue weighted by molar-refractivity contribution is 7.91. The Bertz CT molecular complexity index is 1040. The molecule has 8 heteroatoms. The molecule has 2 aromatic rings. The third kappa shape index (κ3) is 7.62. The van der Waals surface area contributed by atoms with Crippen molar-refractivity contribution in [2.45, 2.75) is 58.0 Å². The highest BCUT2D eigenvalue weighted by Gasteiger charge is 2.35. The number of rotatable bonds is 11. The first-order valence-corrected chi connectivity index (χ1v) is 14.0. The van der Waals surface area contributed by atoms with Crippen LogP contribution in [-0.4, -0.2) is 43.4 Å². The van der Waals surface area contributed by atoms with Gasteiger partial charge in [-0.05, 0) is 54.8 Å². The van der Waals surface area contributed by atoms with Crippen LogP contribution < -0.4 is 4.74 Å². The summed E-state index contributed by atoms with van der Waals surface area (Å²) < 4.78 is 30.0. The average molecular weight is 512 g/mol. The number of nitrogens with zero attached hydrogens (tertiary/aromatic N) is 1. The predicted molar refractivity (Wildman–Crippen MR) is 134 cm³/mol. The summed E-state index contributed by atoms with van der Waals surface area (Å²) >= 11 is 12.3. The summed E-state index contributed by atoms with van der Waals surface area (Å²) in [5.41, 5.74) is 1.21. The molecule has 0 saturated carbocycles. The van der Waals surface area contributed by atoms with Crippen LogP contribution in [0.1, 0.15) is 61.4 Å². The van der Waals surface area contributed by atoms with E-state index in [4.69, 9.17) is 27.9 Å². The van der Waals surface area contributed by atoms with Crippen molar-refractivity contribution < 1.29 is 17.9 Å². The molecular weight excluding hydrogens is 481 g/mol. The Morgan fingerprint density at radius 2 is 1.79 bits per heavy atom. The molecular formula is C25H31Cl2NO4S. The zero-order valence-electron chi connectivity index (χ0n) is 18.9. The second-order valence-electron chi connectivity index (χ2n) is 8.51. The Hall–Kier alpha value is -1.76. The van der Waals surface area contributed by atoms with Crippen molar-refractivity contribution in [1.29, 1.82) is 0 Å². The maximum absolute atomic E-state index is 13.4. The lowest BCUT2D eigenvalue weighted by Crippen LogP contribution is -2.40. The first-order chi connectivity index (χ1) is 15.8. The molecule has 0 unspecified atom stereocenters. The lowest BCUT2D eigenvalue weighted by molar-refractivity contribution is 0.0681. The molecule has 180 valence electrons. The van der Waals surface area contributed by atoms with Gasteiger partial charge < -0.3 is 9.64 Å². The van der Waals surface area contributed by atoms with Crippen molar-refractivity contribution in [1.82, 2.24) is 4.90 Å². The molecule has 1 amide bonds. The van der Waals surface area contributed by atoms with E-state index in [-0.39, 0.29) is 24.0 Å². The van der Waals surface area contributed by atoms with E-state index < -0.39 is 15.9 Å². The Morgan fingerprint density at radius 3 is 2.42 bits per heavy atom. The highest BCUT2D eigenvalue weighted by Crippen LogP contribution is 2.27. The van der Waals surface area contributed by atoms with Crippen LogP contribution in [-0.2, 0) is 16.4 Å². The molecule has 0 aromatic heterocycles. The fourth-order valence-electron chi connectivity index (χ4n) is 3.98. The van der Waals surface area contributed by atoms with Crippen molar-refractivity contribution in [3.8, 4) is 5.75 Å². The molecule has 5 nitrogen and oxygen atoms in total. The number of ether oxygens (including phenoxy) is 1. The molecule has 0 N–H and O–H groups in total. The number of hydrogen-bond acceptors (Lipinski definition) is 4. The maximum atomic E-state index is 13.4. The number of carbonyl (C=O) groups is 1. The van der Waals surface area contributed by atoms with Gasteiger partial charge in [0.2, 0.25) is 0 Å². The maximum Gasteiger partial charge on any atom is 0.254 e. The summed E-state index contributed by atoms with van der Waals surface area (Å²) in [6.07, 6.45) is 6.25. The molecule has 0 bridgehead atoms. The summed E-state index contributed by atoms with van der Waals surface area (Å²) in [4.78, 5) is 15.0. The monoisotopic (exact) mass is 511 g/mol. The first kappa shape index (κ1) is 25.9. The third-order valence-corrected chi connectivity index (χ3v) is 8.22. The first-order valence-electron chi connectivity index (χ1n) is 11.5. The molecule has 3 rings (SSSR count). The molecule has 0 radical (unpaired) electrons. The van der Waals surface area contributed by atoms with E-state index in [1.54, 1.807) is 47.4 Å². The van der Waals surface area contributed by atoms with Crippen molar-refractivity contribution in [3.63, 3.8) is 0 Å². The quantitative estimate of drug-likeness (QED) is 0.338. The largest absolute Gasteiger partial charge is 0.494 e. The van der Waals surface area contributed by atoms with Gasteiger partial charge in [-0.1, -0.05) is 61.9 Å². The van der Waals surface area contributed by atoms with E-state index >= 15 is 0 Å². The molecule has 1 fully saturated rings. The molecule has 1 aliphatic rings.